The molecule has 1 aliphatic carbocycles. The number of fused-ring (bicyclic) bond motifs is 1. The molecule has 1 radical (unpaired) electrons. The molecule has 0 bridgehead atoms. The van der Waals surface area contributed by atoms with Crippen LogP contribution < -0.4 is 0 Å². The second-order valence-electron chi connectivity index (χ2n) is 3.95. The van der Waals surface area contributed by atoms with Crippen molar-refractivity contribution in [2.75, 3.05) is 21.3 Å². The molecule has 0 spiro atoms. The summed E-state index contributed by atoms with van der Waals surface area (Å²) in [5.74, 6) is 0. The second kappa shape index (κ2) is 7.22. The summed E-state index contributed by atoms with van der Waals surface area (Å²) < 4.78 is 21.6. The summed E-state index contributed by atoms with van der Waals surface area (Å²) in [6, 6.07) is 0. The Morgan fingerprint density at radius 2 is 1.88 bits per heavy atom. The average Bonchev–Trinajstić information content (AvgIpc) is 3.13. The zero-order valence-corrected chi connectivity index (χ0v) is 13.2. The Balaban J connectivity index is 0.000000163. The Bertz CT molecular complexity index is 169. The van der Waals surface area contributed by atoms with Crippen molar-refractivity contribution in [1.82, 2.24) is 0 Å². The normalized spacial score (nSPS) is 27.8. The molecule has 1 aliphatic heterocycles. The van der Waals surface area contributed by atoms with Crippen LogP contribution in [0.2, 0.25) is 4.13 Å². The molecule has 2 fully saturated rings. The fourth-order valence-electron chi connectivity index (χ4n) is 1.88. The number of hydrogen-bond acceptors (Lipinski definition) is 4. The summed E-state index contributed by atoms with van der Waals surface area (Å²) >= 11 is -2.89. The van der Waals surface area contributed by atoms with Gasteiger partial charge in [0.05, 0.1) is 12.2 Å². The van der Waals surface area contributed by atoms with Gasteiger partial charge in [-0.15, -0.1) is 0 Å². The van der Waals surface area contributed by atoms with Crippen molar-refractivity contribution in [2.45, 2.75) is 42.5 Å². The molecule has 0 aromatic rings. The predicted molar refractivity (Wildman–Crippen MR) is 58.3 cm³/mol. The molecule has 1 heterocycles. The van der Waals surface area contributed by atoms with Crippen LogP contribution in [0.15, 0.2) is 0 Å². The summed E-state index contributed by atoms with van der Waals surface area (Å²) in [5, 5.41) is 0. The SMILES string of the molecule is C[CH2][Zr]([O]C)([O]C)[O]C.[CH]1CCCC2OC12. The van der Waals surface area contributed by atoms with E-state index in [4.69, 9.17) is 13.2 Å². The van der Waals surface area contributed by atoms with Gasteiger partial charge in [-0.3, -0.25) is 0 Å². The van der Waals surface area contributed by atoms with Gasteiger partial charge in [-0.2, -0.15) is 0 Å². The molecule has 5 heteroatoms. The van der Waals surface area contributed by atoms with E-state index in [9.17, 15) is 0 Å². The minimum atomic E-state index is -2.89. The monoisotopic (exact) mass is 309 g/mol. The van der Waals surface area contributed by atoms with Gasteiger partial charge in [0.15, 0.2) is 0 Å². The smallest absolute Gasteiger partial charge is 0.0873 e. The third-order valence-corrected chi connectivity index (χ3v) is 9.80. The molecular weight excluding hydrogens is 287 g/mol. The van der Waals surface area contributed by atoms with Crippen molar-refractivity contribution in [1.29, 1.82) is 0 Å². The summed E-state index contributed by atoms with van der Waals surface area (Å²) in [7, 11) is 4.94. The van der Waals surface area contributed by atoms with Gasteiger partial charge in [0.25, 0.3) is 0 Å². The largest absolute Gasteiger partial charge is 0.369 e. The molecule has 0 N–H and O–H groups in total. The predicted octanol–water partition coefficient (Wildman–Crippen LogP) is 2.40. The summed E-state index contributed by atoms with van der Waals surface area (Å²) in [6.07, 6.45) is 7.44. The molecule has 2 unspecified atom stereocenters. The fraction of sp³-hybridized carbons (Fsp3) is 0.909. The fourth-order valence-corrected chi connectivity index (χ4v) is 5.24. The molecule has 0 amide bonds. The number of hydrogen-bond donors (Lipinski definition) is 0. The van der Waals surface area contributed by atoms with Crippen molar-refractivity contribution >= 4 is 0 Å². The van der Waals surface area contributed by atoms with Crippen LogP contribution in [0.25, 0.3) is 0 Å². The molecule has 1 saturated carbocycles. The first kappa shape index (κ1) is 14.8. The van der Waals surface area contributed by atoms with E-state index < -0.39 is 21.6 Å². The van der Waals surface area contributed by atoms with Gasteiger partial charge >= 0.3 is 62.4 Å². The molecule has 2 atom stereocenters. The quantitative estimate of drug-likeness (QED) is 0.748. The molecule has 1 saturated heterocycles. The Morgan fingerprint density at radius 1 is 1.25 bits per heavy atom. The maximum atomic E-state index is 5.22. The standard InChI is InChI=1S/C6H9O.C2H5.3CH3O.Zr/c1-2-4-6-5(3-1)7-6;4*1-2;/h3,5-6H,1-2,4H2;1H2,2H3;3*1H3;/q;;3*-1;+3. The van der Waals surface area contributed by atoms with E-state index in [0.717, 1.165) is 4.13 Å². The number of ether oxygens (including phenoxy) is 1. The minimum Gasteiger partial charge on any atom is -0.369 e. The molecular formula is C11H23O4Zr. The van der Waals surface area contributed by atoms with Crippen molar-refractivity contribution in [3.05, 3.63) is 6.42 Å². The molecule has 2 aliphatic rings. The van der Waals surface area contributed by atoms with Crippen LogP contribution >= 0.6 is 0 Å². The first-order chi connectivity index (χ1) is 7.71. The van der Waals surface area contributed by atoms with E-state index in [2.05, 4.69) is 6.42 Å². The van der Waals surface area contributed by atoms with E-state index in [1.807, 2.05) is 6.92 Å². The van der Waals surface area contributed by atoms with Gasteiger partial charge in [-0.25, -0.2) is 0 Å². The zero-order chi connectivity index (χ0) is 12.0. The average molecular weight is 311 g/mol. The van der Waals surface area contributed by atoms with Crippen molar-refractivity contribution in [3.63, 3.8) is 0 Å². The number of rotatable bonds is 4. The summed E-state index contributed by atoms with van der Waals surface area (Å²) in [5.41, 5.74) is 0. The first-order valence-corrected chi connectivity index (χ1v) is 10.6. The van der Waals surface area contributed by atoms with Crippen LogP contribution in [0.4, 0.5) is 0 Å². The van der Waals surface area contributed by atoms with Gasteiger partial charge in [0, 0.05) is 0 Å². The van der Waals surface area contributed by atoms with Gasteiger partial charge in [-0.05, 0) is 19.3 Å². The molecule has 4 nitrogen and oxygen atoms in total. The third kappa shape index (κ3) is 4.19. The molecule has 16 heavy (non-hydrogen) atoms. The van der Waals surface area contributed by atoms with Crippen LogP contribution in [0.5, 0.6) is 0 Å². The summed E-state index contributed by atoms with van der Waals surface area (Å²) in [4.78, 5) is 0. The summed E-state index contributed by atoms with van der Waals surface area (Å²) in [6.45, 7) is 2.02. The van der Waals surface area contributed by atoms with Crippen LogP contribution in [-0.2, 0) is 34.8 Å². The topological polar surface area (TPSA) is 40.2 Å². The number of epoxide rings is 1. The van der Waals surface area contributed by atoms with E-state index in [1.165, 1.54) is 19.3 Å². The Labute approximate surface area is 105 Å². The van der Waals surface area contributed by atoms with Crippen LogP contribution in [-0.4, -0.2) is 33.5 Å². The van der Waals surface area contributed by atoms with Gasteiger partial charge < -0.3 is 4.74 Å². The van der Waals surface area contributed by atoms with Crippen molar-refractivity contribution in [3.8, 4) is 0 Å². The van der Waals surface area contributed by atoms with E-state index in [1.54, 1.807) is 21.3 Å². The molecule has 2 rings (SSSR count). The minimum absolute atomic E-state index is 0.578. The van der Waals surface area contributed by atoms with Crippen molar-refractivity contribution in [2.24, 2.45) is 0 Å². The molecule has 0 aromatic carbocycles. The van der Waals surface area contributed by atoms with E-state index in [-0.39, 0.29) is 0 Å². The van der Waals surface area contributed by atoms with Gasteiger partial charge in [-0.1, -0.05) is 6.42 Å². The van der Waals surface area contributed by atoms with E-state index >= 15 is 0 Å². The third-order valence-electron chi connectivity index (χ3n) is 3.08. The maximum Gasteiger partial charge on any atom is 0.0873 e. The maximum absolute atomic E-state index is 5.22. The second-order valence-corrected chi connectivity index (χ2v) is 12.1. The zero-order valence-electron chi connectivity index (χ0n) is 10.7. The van der Waals surface area contributed by atoms with Gasteiger partial charge in [0.1, 0.15) is 0 Å². The van der Waals surface area contributed by atoms with Crippen LogP contribution in [0.3, 0.4) is 0 Å². The van der Waals surface area contributed by atoms with Gasteiger partial charge in [0.2, 0.25) is 0 Å². The molecule has 0 aromatic heterocycles. The Morgan fingerprint density at radius 3 is 2.12 bits per heavy atom. The van der Waals surface area contributed by atoms with Crippen LogP contribution in [0, 0.1) is 6.42 Å². The van der Waals surface area contributed by atoms with Crippen LogP contribution in [0.1, 0.15) is 26.2 Å². The van der Waals surface area contributed by atoms with Crippen molar-refractivity contribution < 1.29 is 34.8 Å². The Hall–Kier alpha value is 0.723. The first-order valence-electron chi connectivity index (χ1n) is 5.85. The van der Waals surface area contributed by atoms with E-state index in [0.29, 0.717) is 12.2 Å². The molecule has 95 valence electrons. The Kier molecular flexibility index (Phi) is 6.67.